The topological polar surface area (TPSA) is 26.0 Å². The van der Waals surface area contributed by atoms with Gasteiger partial charge in [0.2, 0.25) is 0 Å². The van der Waals surface area contributed by atoms with Crippen molar-refractivity contribution >= 4 is 18.3 Å². The maximum Gasteiger partial charge on any atom is 0.416 e. The molecule has 0 spiro atoms. The molecule has 0 aromatic heterocycles. The maximum atomic E-state index is 12.5. The standard InChI is InChI=1S/C10H10F3NS/c1-6-2-3-7(9(14)5-15)4-8(6)10(11,12)13/h2-5,15H,14H2,1H3/b9-5-. The average molecular weight is 233 g/mol. The van der Waals surface area contributed by atoms with Crippen LogP contribution in [0.3, 0.4) is 0 Å². The van der Waals surface area contributed by atoms with E-state index in [-0.39, 0.29) is 11.3 Å². The highest BCUT2D eigenvalue weighted by Crippen LogP contribution is 2.33. The second-order valence-electron chi connectivity index (χ2n) is 3.11. The Morgan fingerprint density at radius 1 is 1.40 bits per heavy atom. The summed E-state index contributed by atoms with van der Waals surface area (Å²) in [6.45, 7) is 1.41. The summed E-state index contributed by atoms with van der Waals surface area (Å²) in [6.07, 6.45) is -4.35. The lowest BCUT2D eigenvalue weighted by atomic mass is 10.0. The van der Waals surface area contributed by atoms with Crippen LogP contribution in [0.15, 0.2) is 23.6 Å². The largest absolute Gasteiger partial charge is 0.416 e. The molecule has 1 aromatic rings. The van der Waals surface area contributed by atoms with Gasteiger partial charge in [-0.05, 0) is 29.5 Å². The lowest BCUT2D eigenvalue weighted by Gasteiger charge is -2.11. The molecular weight excluding hydrogens is 223 g/mol. The number of benzene rings is 1. The number of alkyl halides is 3. The molecule has 0 aliphatic carbocycles. The summed E-state index contributed by atoms with van der Waals surface area (Å²) in [5.41, 5.74) is 5.52. The molecule has 1 nitrogen and oxygen atoms in total. The fourth-order valence-corrected chi connectivity index (χ4v) is 1.33. The molecule has 0 saturated heterocycles. The van der Waals surface area contributed by atoms with E-state index in [0.29, 0.717) is 5.56 Å². The molecule has 82 valence electrons. The Kier molecular flexibility index (Phi) is 3.34. The zero-order valence-corrected chi connectivity index (χ0v) is 8.86. The third kappa shape index (κ3) is 2.68. The zero-order chi connectivity index (χ0) is 11.6. The smallest absolute Gasteiger partial charge is 0.398 e. The highest BCUT2D eigenvalue weighted by molar-refractivity contribution is 7.83. The highest BCUT2D eigenvalue weighted by Gasteiger charge is 2.32. The molecule has 0 heterocycles. The van der Waals surface area contributed by atoms with Gasteiger partial charge in [0.05, 0.1) is 5.56 Å². The third-order valence-corrected chi connectivity index (χ3v) is 2.29. The SMILES string of the molecule is Cc1ccc(/C(N)=C/S)cc1C(F)(F)F. The van der Waals surface area contributed by atoms with Gasteiger partial charge in [0.1, 0.15) is 0 Å². The predicted octanol–water partition coefficient (Wildman–Crippen LogP) is 3.20. The van der Waals surface area contributed by atoms with Crippen LogP contribution in [0, 0.1) is 6.92 Å². The summed E-state index contributed by atoms with van der Waals surface area (Å²) in [5.74, 6) is 0. The fourth-order valence-electron chi connectivity index (χ4n) is 1.18. The van der Waals surface area contributed by atoms with Gasteiger partial charge in [-0.15, -0.1) is 12.6 Å². The first-order valence-electron chi connectivity index (χ1n) is 4.14. The van der Waals surface area contributed by atoms with Gasteiger partial charge in [-0.2, -0.15) is 13.2 Å². The molecule has 0 saturated carbocycles. The number of hydrogen-bond acceptors (Lipinski definition) is 2. The van der Waals surface area contributed by atoms with E-state index >= 15 is 0 Å². The second-order valence-corrected chi connectivity index (χ2v) is 3.37. The van der Waals surface area contributed by atoms with Crippen LogP contribution in [-0.4, -0.2) is 0 Å². The molecule has 2 N–H and O–H groups in total. The van der Waals surface area contributed by atoms with Crippen LogP contribution < -0.4 is 5.73 Å². The van der Waals surface area contributed by atoms with Crippen molar-refractivity contribution in [2.45, 2.75) is 13.1 Å². The van der Waals surface area contributed by atoms with Crippen molar-refractivity contribution in [2.75, 3.05) is 0 Å². The van der Waals surface area contributed by atoms with Gasteiger partial charge in [-0.25, -0.2) is 0 Å². The Balaban J connectivity index is 3.29. The molecule has 0 fully saturated rings. The van der Waals surface area contributed by atoms with Crippen molar-refractivity contribution in [3.63, 3.8) is 0 Å². The lowest BCUT2D eigenvalue weighted by Crippen LogP contribution is -2.08. The van der Waals surface area contributed by atoms with Crippen molar-refractivity contribution in [1.82, 2.24) is 0 Å². The number of aryl methyl sites for hydroxylation is 1. The van der Waals surface area contributed by atoms with E-state index in [1.165, 1.54) is 24.5 Å². The highest BCUT2D eigenvalue weighted by atomic mass is 32.1. The maximum absolute atomic E-state index is 12.5. The van der Waals surface area contributed by atoms with E-state index in [9.17, 15) is 13.2 Å². The molecule has 0 radical (unpaired) electrons. The van der Waals surface area contributed by atoms with Crippen LogP contribution >= 0.6 is 12.6 Å². The summed E-state index contributed by atoms with van der Waals surface area (Å²) in [5, 5.41) is 1.27. The number of hydrogen-bond donors (Lipinski definition) is 2. The van der Waals surface area contributed by atoms with Crippen molar-refractivity contribution in [1.29, 1.82) is 0 Å². The molecule has 0 atom stereocenters. The van der Waals surface area contributed by atoms with E-state index in [1.807, 2.05) is 0 Å². The minimum absolute atomic E-state index is 0.179. The summed E-state index contributed by atoms with van der Waals surface area (Å²) < 4.78 is 37.6. The number of rotatable bonds is 1. The van der Waals surface area contributed by atoms with Gasteiger partial charge in [0, 0.05) is 5.70 Å². The quantitative estimate of drug-likeness (QED) is 0.716. The zero-order valence-electron chi connectivity index (χ0n) is 7.97. The first-order chi connectivity index (χ1) is 6.86. The van der Waals surface area contributed by atoms with E-state index in [0.717, 1.165) is 6.07 Å². The Morgan fingerprint density at radius 2 is 2.00 bits per heavy atom. The summed E-state index contributed by atoms with van der Waals surface area (Å²) >= 11 is 3.79. The van der Waals surface area contributed by atoms with Crippen LogP contribution in [-0.2, 0) is 6.18 Å². The van der Waals surface area contributed by atoms with Crippen LogP contribution in [0.5, 0.6) is 0 Å². The van der Waals surface area contributed by atoms with Crippen LogP contribution in [0.4, 0.5) is 13.2 Å². The van der Waals surface area contributed by atoms with Gasteiger partial charge in [-0.3, -0.25) is 0 Å². The Labute approximate surface area is 91.2 Å². The van der Waals surface area contributed by atoms with Gasteiger partial charge >= 0.3 is 6.18 Å². The van der Waals surface area contributed by atoms with E-state index in [2.05, 4.69) is 12.6 Å². The molecular formula is C10H10F3NS. The normalized spacial score (nSPS) is 13.0. The van der Waals surface area contributed by atoms with Gasteiger partial charge in [0.25, 0.3) is 0 Å². The first kappa shape index (κ1) is 12.0. The predicted molar refractivity (Wildman–Crippen MR) is 57.3 cm³/mol. The summed E-state index contributed by atoms with van der Waals surface area (Å²) in [7, 11) is 0. The fraction of sp³-hybridized carbons (Fsp3) is 0.200. The van der Waals surface area contributed by atoms with Gasteiger partial charge < -0.3 is 5.73 Å². The molecule has 1 aromatic carbocycles. The van der Waals surface area contributed by atoms with E-state index in [1.54, 1.807) is 0 Å². The van der Waals surface area contributed by atoms with Gasteiger partial charge in [-0.1, -0.05) is 12.1 Å². The molecule has 0 aliphatic heterocycles. The molecule has 1 rings (SSSR count). The summed E-state index contributed by atoms with van der Waals surface area (Å²) in [6, 6.07) is 3.95. The van der Waals surface area contributed by atoms with Crippen molar-refractivity contribution < 1.29 is 13.2 Å². The molecule has 0 bridgehead atoms. The Hall–Kier alpha value is -1.10. The van der Waals surface area contributed by atoms with Crippen LogP contribution in [0.1, 0.15) is 16.7 Å². The number of nitrogens with two attached hydrogens (primary N) is 1. The van der Waals surface area contributed by atoms with Crippen molar-refractivity contribution in [3.8, 4) is 0 Å². The minimum atomic E-state index is -4.35. The first-order valence-corrected chi connectivity index (χ1v) is 4.66. The Morgan fingerprint density at radius 3 is 2.47 bits per heavy atom. The van der Waals surface area contributed by atoms with Crippen molar-refractivity contribution in [2.24, 2.45) is 5.73 Å². The second kappa shape index (κ2) is 4.18. The monoisotopic (exact) mass is 233 g/mol. The minimum Gasteiger partial charge on any atom is -0.398 e. The van der Waals surface area contributed by atoms with Crippen LogP contribution in [0.25, 0.3) is 5.70 Å². The average Bonchev–Trinajstić information content (AvgIpc) is 2.15. The third-order valence-electron chi connectivity index (χ3n) is 2.02. The molecule has 0 unspecified atom stereocenters. The Bertz CT molecular complexity index is 396. The number of halogens is 3. The van der Waals surface area contributed by atoms with Gasteiger partial charge in [0.15, 0.2) is 0 Å². The summed E-state index contributed by atoms with van der Waals surface area (Å²) in [4.78, 5) is 0. The van der Waals surface area contributed by atoms with Crippen molar-refractivity contribution in [3.05, 3.63) is 40.3 Å². The molecule has 0 aliphatic rings. The van der Waals surface area contributed by atoms with E-state index < -0.39 is 11.7 Å². The lowest BCUT2D eigenvalue weighted by molar-refractivity contribution is -0.138. The molecule has 15 heavy (non-hydrogen) atoms. The van der Waals surface area contributed by atoms with Crippen LogP contribution in [0.2, 0.25) is 0 Å². The van der Waals surface area contributed by atoms with E-state index in [4.69, 9.17) is 5.73 Å². The molecule has 0 amide bonds. The number of thiol groups is 1. The molecule has 5 heteroatoms.